The second-order valence-electron chi connectivity index (χ2n) is 6.60. The number of amides is 1. The first kappa shape index (κ1) is 21.6. The molecule has 5 nitrogen and oxygen atoms in total. The molecule has 6 heteroatoms. The normalized spacial score (nSPS) is 12.5. The van der Waals surface area contributed by atoms with E-state index in [0.717, 1.165) is 11.3 Å². The highest BCUT2D eigenvalue weighted by Crippen LogP contribution is 2.25. The summed E-state index contributed by atoms with van der Waals surface area (Å²) < 4.78 is 0. The van der Waals surface area contributed by atoms with Crippen molar-refractivity contribution < 1.29 is 9.90 Å². The molecule has 148 valence electrons. The zero-order valence-corrected chi connectivity index (χ0v) is 16.7. The summed E-state index contributed by atoms with van der Waals surface area (Å²) in [5, 5.41) is 19.5. The number of para-hydroxylation sites is 1. The maximum atomic E-state index is 12.6. The van der Waals surface area contributed by atoms with Gasteiger partial charge in [-0.3, -0.25) is 4.79 Å². The lowest BCUT2D eigenvalue weighted by Gasteiger charge is -2.33. The summed E-state index contributed by atoms with van der Waals surface area (Å²) in [5.41, 5.74) is 0.992. The van der Waals surface area contributed by atoms with E-state index in [0.29, 0.717) is 24.6 Å². The maximum absolute atomic E-state index is 12.6. The van der Waals surface area contributed by atoms with Crippen LogP contribution in [0.25, 0.3) is 0 Å². The zero-order chi connectivity index (χ0) is 20.2. The molecule has 0 bridgehead atoms. The summed E-state index contributed by atoms with van der Waals surface area (Å²) in [5.74, 6) is -0.171. The van der Waals surface area contributed by atoms with Crippen LogP contribution in [-0.2, 0) is 11.3 Å². The number of aliphatic hydroxyl groups is 1. The van der Waals surface area contributed by atoms with Crippen molar-refractivity contribution in [3.05, 3.63) is 78.9 Å². The molecule has 28 heavy (non-hydrogen) atoms. The molecule has 0 fully saturated rings. The lowest BCUT2D eigenvalue weighted by atomic mass is 9.84. The number of hydrogen-bond acceptors (Lipinski definition) is 4. The predicted molar refractivity (Wildman–Crippen MR) is 118 cm³/mol. The number of thiocarbonyl (C=S) groups is 1. The molecule has 0 radical (unpaired) electrons. The largest absolute Gasteiger partial charge is 0.395 e. The van der Waals surface area contributed by atoms with Crippen LogP contribution in [0.1, 0.15) is 12.0 Å². The Labute approximate surface area is 171 Å². The molecule has 0 spiro atoms. The number of anilines is 1. The predicted octanol–water partition coefficient (Wildman–Crippen LogP) is 2.89. The molecule has 2 aromatic carbocycles. The third-order valence-electron chi connectivity index (χ3n) is 4.43. The van der Waals surface area contributed by atoms with Crippen LogP contribution in [0.5, 0.6) is 0 Å². The minimum Gasteiger partial charge on any atom is -0.395 e. The van der Waals surface area contributed by atoms with Crippen LogP contribution in [0.2, 0.25) is 0 Å². The smallest absolute Gasteiger partial charge is 0.221 e. The first-order valence-corrected chi connectivity index (χ1v) is 9.60. The number of aliphatic hydroxyl groups excluding tert-OH is 1. The lowest BCUT2D eigenvalue weighted by molar-refractivity contribution is -0.123. The van der Waals surface area contributed by atoms with Crippen molar-refractivity contribution in [2.75, 3.05) is 25.0 Å². The summed E-state index contributed by atoms with van der Waals surface area (Å²) >= 11 is 5.52. The van der Waals surface area contributed by atoms with E-state index >= 15 is 0 Å². The van der Waals surface area contributed by atoms with Gasteiger partial charge < -0.3 is 21.1 Å². The van der Waals surface area contributed by atoms with E-state index < -0.39 is 5.41 Å². The monoisotopic (exact) mass is 397 g/mol. The van der Waals surface area contributed by atoms with Gasteiger partial charge in [0.2, 0.25) is 5.91 Å². The Morgan fingerprint density at radius 1 is 1.07 bits per heavy atom. The fourth-order valence-electron chi connectivity index (χ4n) is 2.75. The summed E-state index contributed by atoms with van der Waals surface area (Å²) in [6.45, 7) is 4.65. The molecule has 0 aromatic heterocycles. The number of hydrogen-bond donors (Lipinski definition) is 4. The molecule has 4 N–H and O–H groups in total. The van der Waals surface area contributed by atoms with Crippen molar-refractivity contribution in [2.45, 2.75) is 13.0 Å². The van der Waals surface area contributed by atoms with Crippen molar-refractivity contribution in [1.29, 1.82) is 0 Å². The van der Waals surface area contributed by atoms with Gasteiger partial charge in [-0.25, -0.2) is 0 Å². The van der Waals surface area contributed by atoms with Gasteiger partial charge in [0.05, 0.1) is 17.0 Å². The third-order valence-corrected chi connectivity index (χ3v) is 5.00. The summed E-state index contributed by atoms with van der Waals surface area (Å²) in [4.78, 5) is 13.1. The highest BCUT2D eigenvalue weighted by molar-refractivity contribution is 7.80. The molecule has 0 aliphatic heterocycles. The van der Waals surface area contributed by atoms with Gasteiger partial charge in [0.25, 0.3) is 0 Å². The van der Waals surface area contributed by atoms with Crippen molar-refractivity contribution in [3.63, 3.8) is 0 Å². The topological polar surface area (TPSA) is 73.4 Å². The van der Waals surface area contributed by atoms with Crippen LogP contribution >= 0.6 is 12.2 Å². The highest BCUT2D eigenvalue weighted by Gasteiger charge is 2.37. The minimum atomic E-state index is -0.922. The average molecular weight is 398 g/mol. The molecule has 2 rings (SSSR count). The molecule has 0 saturated heterocycles. The molecule has 0 aliphatic carbocycles. The number of carbonyl (C=O) groups is 1. The quantitative estimate of drug-likeness (QED) is 0.347. The Bertz CT molecular complexity index is 768. The van der Waals surface area contributed by atoms with Crippen LogP contribution < -0.4 is 16.0 Å². The van der Waals surface area contributed by atoms with Gasteiger partial charge in [-0.05, 0) is 17.7 Å². The van der Waals surface area contributed by atoms with E-state index in [1.165, 1.54) is 0 Å². The molecule has 0 aliphatic rings. The summed E-state index contributed by atoms with van der Waals surface area (Å²) in [6.07, 6.45) is 1.76. The molecule has 1 unspecified atom stereocenters. The Balaban J connectivity index is 2.07. The summed E-state index contributed by atoms with van der Waals surface area (Å²) in [6, 6.07) is 19.3. The van der Waals surface area contributed by atoms with Crippen LogP contribution in [0.3, 0.4) is 0 Å². The fraction of sp³-hybridized carbons (Fsp3) is 0.273. The van der Waals surface area contributed by atoms with Gasteiger partial charge in [-0.2, -0.15) is 0 Å². The van der Waals surface area contributed by atoms with Crippen molar-refractivity contribution in [3.8, 4) is 0 Å². The fourth-order valence-corrected chi connectivity index (χ4v) is 3.04. The first-order chi connectivity index (χ1) is 13.6. The highest BCUT2D eigenvalue weighted by atomic mass is 32.1. The molecular weight excluding hydrogens is 370 g/mol. The van der Waals surface area contributed by atoms with Crippen molar-refractivity contribution in [2.24, 2.45) is 5.41 Å². The van der Waals surface area contributed by atoms with Gasteiger partial charge in [0.1, 0.15) is 0 Å². The lowest BCUT2D eigenvalue weighted by Crippen LogP contribution is -2.49. The first-order valence-electron chi connectivity index (χ1n) is 9.19. The molecule has 1 amide bonds. The van der Waals surface area contributed by atoms with Gasteiger partial charge in [0, 0.05) is 31.7 Å². The van der Waals surface area contributed by atoms with Crippen LogP contribution in [0, 0.1) is 5.41 Å². The Kier molecular flexibility index (Phi) is 8.65. The third kappa shape index (κ3) is 6.48. The van der Waals surface area contributed by atoms with Gasteiger partial charge in [-0.15, -0.1) is 6.58 Å². The average Bonchev–Trinajstić information content (AvgIpc) is 2.75. The second kappa shape index (κ2) is 11.2. The maximum Gasteiger partial charge on any atom is 0.221 e. The Morgan fingerprint density at radius 3 is 2.32 bits per heavy atom. The standard InChI is InChI=1S/C22H27N3O2S/c1-2-13-23-21(28)22(17-26,16-25-19-11-7-4-8-12-19)14-20(27)24-15-18-9-5-3-6-10-18/h2-12,25-26H,1,13-17H2,(H,23,28)(H,24,27). The van der Waals surface area contributed by atoms with E-state index in [1.807, 2.05) is 60.7 Å². The number of benzene rings is 2. The molecule has 1 atom stereocenters. The van der Waals surface area contributed by atoms with Gasteiger partial charge >= 0.3 is 0 Å². The van der Waals surface area contributed by atoms with E-state index in [-0.39, 0.29) is 18.9 Å². The van der Waals surface area contributed by atoms with Crippen molar-refractivity contribution >= 4 is 28.8 Å². The van der Waals surface area contributed by atoms with Crippen LogP contribution in [-0.4, -0.2) is 35.7 Å². The van der Waals surface area contributed by atoms with Crippen molar-refractivity contribution in [1.82, 2.24) is 10.6 Å². The van der Waals surface area contributed by atoms with Crippen LogP contribution in [0.15, 0.2) is 73.3 Å². The van der Waals surface area contributed by atoms with Gasteiger partial charge in [-0.1, -0.05) is 66.8 Å². The minimum absolute atomic E-state index is 0.0686. The van der Waals surface area contributed by atoms with E-state index in [4.69, 9.17) is 12.2 Å². The molecule has 0 saturated carbocycles. The number of carbonyl (C=O) groups excluding carboxylic acids is 1. The molecular formula is C22H27N3O2S. The Morgan fingerprint density at radius 2 is 1.71 bits per heavy atom. The van der Waals surface area contributed by atoms with E-state index in [2.05, 4.69) is 22.5 Å². The van der Waals surface area contributed by atoms with Gasteiger partial charge in [0.15, 0.2) is 0 Å². The molecule has 2 aromatic rings. The molecule has 0 heterocycles. The SMILES string of the molecule is C=CCNC(=S)C(CO)(CNc1ccccc1)CC(=O)NCc1ccccc1. The van der Waals surface area contributed by atoms with E-state index in [1.54, 1.807) is 6.08 Å². The van der Waals surface area contributed by atoms with E-state index in [9.17, 15) is 9.90 Å². The zero-order valence-electron chi connectivity index (χ0n) is 15.9. The summed E-state index contributed by atoms with van der Waals surface area (Å²) in [7, 11) is 0. The number of nitrogens with one attached hydrogen (secondary N) is 3. The van der Waals surface area contributed by atoms with Crippen LogP contribution in [0.4, 0.5) is 5.69 Å². The second-order valence-corrected chi connectivity index (χ2v) is 7.00. The number of rotatable bonds is 11. The Hall–Kier alpha value is -2.70.